The highest BCUT2D eigenvalue weighted by Gasteiger charge is 2.46. The summed E-state index contributed by atoms with van der Waals surface area (Å²) in [6.45, 7) is 20.3. The van der Waals surface area contributed by atoms with Crippen molar-refractivity contribution in [1.29, 1.82) is 0 Å². The van der Waals surface area contributed by atoms with Crippen molar-refractivity contribution >= 4 is 28.4 Å². The Morgan fingerprint density at radius 2 is 1.12 bits per heavy atom. The van der Waals surface area contributed by atoms with Crippen LogP contribution in [0.4, 0.5) is 5.69 Å². The molecule has 1 unspecified atom stereocenters. The van der Waals surface area contributed by atoms with Gasteiger partial charge in [0.15, 0.2) is 0 Å². The first kappa shape index (κ1) is 35.7. The molecule has 42 heavy (non-hydrogen) atoms. The van der Waals surface area contributed by atoms with Crippen molar-refractivity contribution in [2.24, 2.45) is 5.92 Å². The molecule has 0 saturated carbocycles. The summed E-state index contributed by atoms with van der Waals surface area (Å²) in [6, 6.07) is 5.35. The SMILES string of the molecule is CCCCCCCCC1(CCCCCCCC)c2cc(C(C)C)sc2-c2sc(C(C)C)cc2N1CC(CC)CCCC. The van der Waals surface area contributed by atoms with Gasteiger partial charge in [-0.05, 0) is 54.7 Å². The van der Waals surface area contributed by atoms with Crippen molar-refractivity contribution in [3.8, 4) is 9.75 Å². The smallest absolute Gasteiger partial charge is 0.0683 e. The van der Waals surface area contributed by atoms with Crippen molar-refractivity contribution in [2.45, 2.75) is 188 Å². The number of anilines is 1. The lowest BCUT2D eigenvalue weighted by molar-refractivity contribution is 0.290. The van der Waals surface area contributed by atoms with E-state index in [-0.39, 0.29) is 5.54 Å². The maximum atomic E-state index is 3.05. The normalized spacial score (nSPS) is 15.0. The quantitative estimate of drug-likeness (QED) is 0.119. The van der Waals surface area contributed by atoms with Gasteiger partial charge in [-0.1, -0.05) is 152 Å². The molecule has 2 aromatic rings. The average molecular weight is 614 g/mol. The second kappa shape index (κ2) is 18.2. The summed E-state index contributed by atoms with van der Waals surface area (Å²) in [5, 5.41) is 0. The summed E-state index contributed by atoms with van der Waals surface area (Å²) in [7, 11) is 0. The van der Waals surface area contributed by atoms with Crippen LogP contribution in [0.5, 0.6) is 0 Å². The number of unbranched alkanes of at least 4 members (excludes halogenated alkanes) is 11. The van der Waals surface area contributed by atoms with Crippen LogP contribution in [0.2, 0.25) is 0 Å². The van der Waals surface area contributed by atoms with Crippen LogP contribution >= 0.6 is 22.7 Å². The van der Waals surface area contributed by atoms with E-state index in [1.165, 1.54) is 122 Å². The van der Waals surface area contributed by atoms with Crippen LogP contribution in [0.1, 0.15) is 198 Å². The van der Waals surface area contributed by atoms with Crippen LogP contribution in [-0.4, -0.2) is 6.54 Å². The largest absolute Gasteiger partial charge is 0.360 e. The maximum absolute atomic E-state index is 3.05. The van der Waals surface area contributed by atoms with Crippen molar-refractivity contribution < 1.29 is 0 Å². The fourth-order valence-electron chi connectivity index (χ4n) is 7.14. The molecule has 1 atom stereocenters. The monoisotopic (exact) mass is 613 g/mol. The van der Waals surface area contributed by atoms with Gasteiger partial charge in [0, 0.05) is 16.3 Å². The van der Waals surface area contributed by atoms with Gasteiger partial charge in [0.05, 0.1) is 21.0 Å². The fourth-order valence-corrected chi connectivity index (χ4v) is 9.71. The maximum Gasteiger partial charge on any atom is 0.0683 e. The Bertz CT molecular complexity index is 996. The number of hydrogen-bond acceptors (Lipinski definition) is 3. The number of thiophene rings is 2. The van der Waals surface area contributed by atoms with Gasteiger partial charge in [-0.15, -0.1) is 22.7 Å². The molecular formula is C39H67NS2. The van der Waals surface area contributed by atoms with E-state index in [1.807, 2.05) is 0 Å². The molecule has 240 valence electrons. The molecule has 1 nitrogen and oxygen atoms in total. The van der Waals surface area contributed by atoms with Gasteiger partial charge in [-0.2, -0.15) is 0 Å². The molecule has 0 aromatic carbocycles. The minimum atomic E-state index is 0.149. The van der Waals surface area contributed by atoms with E-state index in [2.05, 4.69) is 95.1 Å². The van der Waals surface area contributed by atoms with Crippen LogP contribution in [-0.2, 0) is 5.54 Å². The third kappa shape index (κ3) is 9.12. The number of rotatable bonds is 22. The van der Waals surface area contributed by atoms with Crippen molar-refractivity contribution in [2.75, 3.05) is 11.4 Å². The Balaban J connectivity index is 2.10. The first-order valence-electron chi connectivity index (χ1n) is 18.4. The summed E-state index contributed by atoms with van der Waals surface area (Å²) in [6.07, 6.45) is 24.6. The highest BCUT2D eigenvalue weighted by atomic mass is 32.1. The molecule has 0 aliphatic carbocycles. The summed E-state index contributed by atoms with van der Waals surface area (Å²) in [4.78, 5) is 9.46. The molecule has 0 N–H and O–H groups in total. The number of hydrogen-bond donors (Lipinski definition) is 0. The molecular weight excluding hydrogens is 547 g/mol. The topological polar surface area (TPSA) is 3.24 Å². The number of fused-ring (bicyclic) bond motifs is 3. The van der Waals surface area contributed by atoms with E-state index < -0.39 is 0 Å². The molecule has 1 aliphatic heterocycles. The lowest BCUT2D eigenvalue weighted by Crippen LogP contribution is -2.50. The lowest BCUT2D eigenvalue weighted by Gasteiger charge is -2.50. The summed E-state index contributed by atoms with van der Waals surface area (Å²) in [5.41, 5.74) is 3.46. The molecule has 0 fully saturated rings. The zero-order chi connectivity index (χ0) is 30.5. The Hall–Kier alpha value is -0.800. The third-order valence-electron chi connectivity index (χ3n) is 10.0. The number of nitrogens with zero attached hydrogens (tertiary/aromatic N) is 1. The van der Waals surface area contributed by atoms with Crippen LogP contribution in [0.3, 0.4) is 0 Å². The van der Waals surface area contributed by atoms with Gasteiger partial charge in [0.2, 0.25) is 0 Å². The average Bonchev–Trinajstić information content (AvgIpc) is 3.62. The van der Waals surface area contributed by atoms with Crippen LogP contribution in [0.15, 0.2) is 12.1 Å². The molecule has 2 aromatic heterocycles. The molecule has 3 heterocycles. The molecule has 3 heteroatoms. The van der Waals surface area contributed by atoms with E-state index in [1.54, 1.807) is 30.8 Å². The molecule has 3 rings (SSSR count). The summed E-state index contributed by atoms with van der Waals surface area (Å²) < 4.78 is 0. The van der Waals surface area contributed by atoms with Crippen LogP contribution in [0.25, 0.3) is 9.75 Å². The standard InChI is InChI=1S/C39H67NS2/c1-9-13-16-18-20-22-25-39(26-23-21-19-17-14-10-2)33-27-35(30(5)6)41-37(33)38-34(28-36(42-38)31(7)8)40(39)29-32(12-4)24-15-11-3/h27-28,30-32H,9-26,29H2,1-8H3. The molecule has 0 saturated heterocycles. The molecule has 1 aliphatic rings. The lowest BCUT2D eigenvalue weighted by atomic mass is 9.75. The Morgan fingerprint density at radius 1 is 0.619 bits per heavy atom. The van der Waals surface area contributed by atoms with Gasteiger partial charge in [-0.3, -0.25) is 0 Å². The van der Waals surface area contributed by atoms with E-state index in [0.29, 0.717) is 11.8 Å². The van der Waals surface area contributed by atoms with E-state index in [4.69, 9.17) is 0 Å². The molecule has 0 radical (unpaired) electrons. The van der Waals surface area contributed by atoms with Gasteiger partial charge in [0.1, 0.15) is 0 Å². The van der Waals surface area contributed by atoms with E-state index in [9.17, 15) is 0 Å². The highest BCUT2D eigenvalue weighted by molar-refractivity contribution is 7.23. The van der Waals surface area contributed by atoms with Crippen LogP contribution < -0.4 is 4.90 Å². The zero-order valence-electron chi connectivity index (χ0n) is 29.1. The second-order valence-electron chi connectivity index (χ2n) is 14.2. The minimum Gasteiger partial charge on any atom is -0.360 e. The second-order valence-corrected chi connectivity index (χ2v) is 16.3. The van der Waals surface area contributed by atoms with Crippen LogP contribution in [0, 0.1) is 5.92 Å². The minimum absolute atomic E-state index is 0.149. The predicted octanol–water partition coefficient (Wildman–Crippen LogP) is 14.5. The first-order valence-corrected chi connectivity index (χ1v) is 20.0. The Labute approximate surface area is 270 Å². The van der Waals surface area contributed by atoms with Crippen molar-refractivity contribution in [3.05, 3.63) is 27.5 Å². The zero-order valence-corrected chi connectivity index (χ0v) is 30.7. The van der Waals surface area contributed by atoms with Gasteiger partial charge < -0.3 is 4.90 Å². The fraction of sp³-hybridized carbons (Fsp3) is 0.795. The molecule has 0 spiro atoms. The van der Waals surface area contributed by atoms with E-state index in [0.717, 1.165) is 5.92 Å². The van der Waals surface area contributed by atoms with Gasteiger partial charge >= 0.3 is 0 Å². The molecule has 0 amide bonds. The predicted molar refractivity (Wildman–Crippen MR) is 194 cm³/mol. The van der Waals surface area contributed by atoms with Gasteiger partial charge in [0.25, 0.3) is 0 Å². The summed E-state index contributed by atoms with van der Waals surface area (Å²) in [5.74, 6) is 1.96. The first-order chi connectivity index (χ1) is 20.3. The van der Waals surface area contributed by atoms with E-state index >= 15 is 0 Å². The Kier molecular flexibility index (Phi) is 15.5. The van der Waals surface area contributed by atoms with Gasteiger partial charge in [-0.25, -0.2) is 0 Å². The third-order valence-corrected chi connectivity index (χ3v) is 13.0. The van der Waals surface area contributed by atoms with Crippen molar-refractivity contribution in [1.82, 2.24) is 0 Å². The summed E-state index contributed by atoms with van der Waals surface area (Å²) >= 11 is 4.25. The molecule has 0 bridgehead atoms. The highest BCUT2D eigenvalue weighted by Crippen LogP contribution is 2.59. The Morgan fingerprint density at radius 3 is 1.64 bits per heavy atom. The van der Waals surface area contributed by atoms with Crippen molar-refractivity contribution in [3.63, 3.8) is 0 Å².